The molecule has 0 saturated heterocycles. The Labute approximate surface area is 143 Å². The Morgan fingerprint density at radius 3 is 2.43 bits per heavy atom. The molecule has 4 heteroatoms. The van der Waals surface area contributed by atoms with Crippen LogP contribution in [-0.2, 0) is 0 Å². The zero-order chi connectivity index (χ0) is 15.4. The summed E-state index contributed by atoms with van der Waals surface area (Å²) in [6.07, 6.45) is 0.174. The minimum atomic E-state index is 0.114. The maximum atomic E-state index is 5.79. The zero-order valence-corrected chi connectivity index (χ0v) is 15.5. The Morgan fingerprint density at radius 2 is 1.81 bits per heavy atom. The van der Waals surface area contributed by atoms with Crippen molar-refractivity contribution in [1.82, 2.24) is 5.32 Å². The van der Waals surface area contributed by atoms with Gasteiger partial charge in [-0.05, 0) is 56.3 Å². The molecule has 0 heterocycles. The summed E-state index contributed by atoms with van der Waals surface area (Å²) < 4.78 is 7.92. The van der Waals surface area contributed by atoms with Gasteiger partial charge < -0.3 is 10.1 Å². The van der Waals surface area contributed by atoms with Gasteiger partial charge in [-0.1, -0.05) is 50.1 Å². The lowest BCUT2D eigenvalue weighted by Gasteiger charge is -2.20. The van der Waals surface area contributed by atoms with E-state index in [1.807, 2.05) is 33.0 Å². The van der Waals surface area contributed by atoms with Gasteiger partial charge in [0.15, 0.2) is 0 Å². The molecule has 1 N–H and O–H groups in total. The monoisotopic (exact) mass is 411 g/mol. The van der Waals surface area contributed by atoms with Crippen LogP contribution in [-0.4, -0.2) is 13.2 Å². The highest BCUT2D eigenvalue weighted by Gasteiger charge is 2.16. The van der Waals surface area contributed by atoms with Gasteiger partial charge in [0.05, 0.1) is 12.1 Å². The third-order valence-corrected chi connectivity index (χ3v) is 4.31. The van der Waals surface area contributed by atoms with E-state index in [0.717, 1.165) is 14.7 Å². The third-order valence-electron chi connectivity index (χ3n) is 3.13. The SMILES string of the molecule is CNC(c1cccc(OC(C)C)c1)c1ccc(Br)cc1Br. The highest BCUT2D eigenvalue weighted by atomic mass is 79.9. The van der Waals surface area contributed by atoms with Crippen molar-refractivity contribution in [2.45, 2.75) is 26.0 Å². The van der Waals surface area contributed by atoms with E-state index in [2.05, 4.69) is 67.5 Å². The van der Waals surface area contributed by atoms with Crippen molar-refractivity contribution in [3.63, 3.8) is 0 Å². The van der Waals surface area contributed by atoms with E-state index >= 15 is 0 Å². The first kappa shape index (κ1) is 16.5. The average molecular weight is 413 g/mol. The number of halogens is 2. The van der Waals surface area contributed by atoms with Crippen LogP contribution in [0.15, 0.2) is 51.4 Å². The quantitative estimate of drug-likeness (QED) is 0.718. The van der Waals surface area contributed by atoms with Gasteiger partial charge in [0.25, 0.3) is 0 Å². The summed E-state index contributed by atoms with van der Waals surface area (Å²) in [6.45, 7) is 4.07. The number of hydrogen-bond acceptors (Lipinski definition) is 2. The van der Waals surface area contributed by atoms with Crippen molar-refractivity contribution >= 4 is 31.9 Å². The lowest BCUT2D eigenvalue weighted by molar-refractivity contribution is 0.242. The number of hydrogen-bond donors (Lipinski definition) is 1. The van der Waals surface area contributed by atoms with E-state index in [9.17, 15) is 0 Å². The van der Waals surface area contributed by atoms with Crippen molar-refractivity contribution in [2.75, 3.05) is 7.05 Å². The molecule has 2 nitrogen and oxygen atoms in total. The van der Waals surface area contributed by atoms with Gasteiger partial charge in [0, 0.05) is 8.95 Å². The molecule has 1 unspecified atom stereocenters. The van der Waals surface area contributed by atoms with Gasteiger partial charge in [-0.3, -0.25) is 0 Å². The molecular formula is C17H19Br2NO. The Hall–Kier alpha value is -0.840. The highest BCUT2D eigenvalue weighted by Crippen LogP contribution is 2.32. The molecule has 0 bridgehead atoms. The van der Waals surface area contributed by atoms with E-state index in [0.29, 0.717) is 0 Å². The second-order valence-electron chi connectivity index (χ2n) is 5.13. The Kier molecular flexibility index (Phi) is 5.85. The van der Waals surface area contributed by atoms with Gasteiger partial charge in [0.1, 0.15) is 5.75 Å². The lowest BCUT2D eigenvalue weighted by atomic mass is 9.99. The lowest BCUT2D eigenvalue weighted by Crippen LogP contribution is -2.18. The summed E-state index contributed by atoms with van der Waals surface area (Å²) in [6, 6.07) is 14.6. The van der Waals surface area contributed by atoms with E-state index in [-0.39, 0.29) is 12.1 Å². The normalized spacial score (nSPS) is 12.5. The molecule has 0 aromatic heterocycles. The van der Waals surface area contributed by atoms with Gasteiger partial charge in [0.2, 0.25) is 0 Å². The predicted octanol–water partition coefficient (Wildman–Crippen LogP) is 5.31. The zero-order valence-electron chi connectivity index (χ0n) is 12.4. The van der Waals surface area contributed by atoms with Crippen LogP contribution in [0.4, 0.5) is 0 Å². The van der Waals surface area contributed by atoms with Crippen molar-refractivity contribution < 1.29 is 4.74 Å². The van der Waals surface area contributed by atoms with Gasteiger partial charge in [-0.15, -0.1) is 0 Å². The largest absolute Gasteiger partial charge is 0.491 e. The molecule has 1 atom stereocenters. The van der Waals surface area contributed by atoms with Gasteiger partial charge in [-0.2, -0.15) is 0 Å². The van der Waals surface area contributed by atoms with Crippen LogP contribution in [0.5, 0.6) is 5.75 Å². The van der Waals surface area contributed by atoms with Crippen LogP contribution in [0, 0.1) is 0 Å². The fourth-order valence-corrected chi connectivity index (χ4v) is 3.55. The molecule has 0 aliphatic rings. The second-order valence-corrected chi connectivity index (χ2v) is 6.90. The molecule has 2 aromatic rings. The van der Waals surface area contributed by atoms with Crippen LogP contribution in [0.2, 0.25) is 0 Å². The van der Waals surface area contributed by atoms with E-state index in [4.69, 9.17) is 4.74 Å². The fraction of sp³-hybridized carbons (Fsp3) is 0.294. The smallest absolute Gasteiger partial charge is 0.120 e. The van der Waals surface area contributed by atoms with E-state index in [1.54, 1.807) is 0 Å². The van der Waals surface area contributed by atoms with E-state index < -0.39 is 0 Å². The van der Waals surface area contributed by atoms with Crippen LogP contribution in [0.1, 0.15) is 31.0 Å². The summed E-state index contributed by atoms with van der Waals surface area (Å²) in [7, 11) is 1.97. The van der Waals surface area contributed by atoms with Crippen LogP contribution >= 0.6 is 31.9 Å². The maximum Gasteiger partial charge on any atom is 0.120 e. The van der Waals surface area contributed by atoms with Crippen LogP contribution in [0.3, 0.4) is 0 Å². The van der Waals surface area contributed by atoms with Crippen molar-refractivity contribution in [3.8, 4) is 5.75 Å². The standard InChI is InChI=1S/C17H19Br2NO/c1-11(2)21-14-6-4-5-12(9-14)17(20-3)15-8-7-13(18)10-16(15)19/h4-11,17,20H,1-3H3. The maximum absolute atomic E-state index is 5.79. The summed E-state index contributed by atoms with van der Waals surface area (Å²) in [5.41, 5.74) is 2.38. The number of ether oxygens (including phenoxy) is 1. The summed E-state index contributed by atoms with van der Waals surface area (Å²) in [4.78, 5) is 0. The molecule has 0 amide bonds. The van der Waals surface area contributed by atoms with Crippen molar-refractivity contribution in [2.24, 2.45) is 0 Å². The number of benzene rings is 2. The third kappa shape index (κ3) is 4.31. The molecule has 0 fully saturated rings. The molecule has 0 aliphatic carbocycles. The summed E-state index contributed by atoms with van der Waals surface area (Å²) >= 11 is 7.14. The average Bonchev–Trinajstić information content (AvgIpc) is 2.41. The molecule has 0 aliphatic heterocycles. The molecule has 112 valence electrons. The first-order valence-electron chi connectivity index (χ1n) is 6.90. The first-order valence-corrected chi connectivity index (χ1v) is 8.48. The molecule has 0 spiro atoms. The molecule has 2 aromatic carbocycles. The van der Waals surface area contributed by atoms with E-state index in [1.165, 1.54) is 11.1 Å². The molecule has 0 saturated carbocycles. The summed E-state index contributed by atoms with van der Waals surface area (Å²) in [5.74, 6) is 0.899. The molecule has 21 heavy (non-hydrogen) atoms. The minimum absolute atomic E-state index is 0.114. The highest BCUT2D eigenvalue weighted by molar-refractivity contribution is 9.11. The first-order chi connectivity index (χ1) is 10.0. The Bertz CT molecular complexity index is 613. The van der Waals surface area contributed by atoms with Crippen molar-refractivity contribution in [1.29, 1.82) is 0 Å². The summed E-state index contributed by atoms with van der Waals surface area (Å²) in [5, 5.41) is 3.37. The van der Waals surface area contributed by atoms with Gasteiger partial charge >= 0.3 is 0 Å². The van der Waals surface area contributed by atoms with Crippen LogP contribution in [0.25, 0.3) is 0 Å². The Morgan fingerprint density at radius 1 is 1.05 bits per heavy atom. The van der Waals surface area contributed by atoms with Crippen LogP contribution < -0.4 is 10.1 Å². The Balaban J connectivity index is 2.37. The predicted molar refractivity (Wildman–Crippen MR) is 95.0 cm³/mol. The van der Waals surface area contributed by atoms with Gasteiger partial charge in [-0.25, -0.2) is 0 Å². The minimum Gasteiger partial charge on any atom is -0.491 e. The number of rotatable bonds is 5. The van der Waals surface area contributed by atoms with Crippen molar-refractivity contribution in [3.05, 3.63) is 62.5 Å². The topological polar surface area (TPSA) is 21.3 Å². The second kappa shape index (κ2) is 7.43. The molecule has 0 radical (unpaired) electrons. The number of nitrogens with one attached hydrogen (secondary N) is 1. The molecule has 2 rings (SSSR count). The molecular weight excluding hydrogens is 394 g/mol. The fourth-order valence-electron chi connectivity index (χ4n) is 2.28.